The Morgan fingerprint density at radius 3 is 2.47 bits per heavy atom. The zero-order valence-corrected chi connectivity index (χ0v) is 18.4. The Balaban J connectivity index is 1.91. The number of phenolic OH excluding ortho intramolecular Hbond substituents is 1. The molecule has 8 heteroatoms. The molecule has 1 aromatic rings. The third-order valence-corrected chi connectivity index (χ3v) is 6.94. The maximum atomic E-state index is 13.5. The van der Waals surface area contributed by atoms with Crippen molar-refractivity contribution in [2.75, 3.05) is 19.0 Å². The number of carbonyl (C=O) groups is 3. The van der Waals surface area contributed by atoms with E-state index in [1.54, 1.807) is 0 Å². The predicted octanol–water partition coefficient (Wildman–Crippen LogP) is 2.33. The molecule has 5 N–H and O–H groups in total. The number of aliphatic hydroxyl groups excluding tert-OH is 2. The van der Waals surface area contributed by atoms with E-state index < -0.39 is 40.6 Å². The normalized spacial score (nSPS) is 24.8. The molecular formula is C24H28N2O6. The zero-order valence-electron chi connectivity index (χ0n) is 18.4. The van der Waals surface area contributed by atoms with Crippen LogP contribution in [0.15, 0.2) is 23.0 Å². The molecule has 3 unspecified atom stereocenters. The molecule has 0 heterocycles. The van der Waals surface area contributed by atoms with Gasteiger partial charge in [-0.15, -0.1) is 0 Å². The van der Waals surface area contributed by atoms with E-state index in [0.29, 0.717) is 24.8 Å². The predicted molar refractivity (Wildman–Crippen MR) is 118 cm³/mol. The van der Waals surface area contributed by atoms with E-state index in [1.165, 1.54) is 0 Å². The summed E-state index contributed by atoms with van der Waals surface area (Å²) in [5.74, 6) is -5.02. The third kappa shape index (κ3) is 3.08. The summed E-state index contributed by atoms with van der Waals surface area (Å²) in [4.78, 5) is 39.5. The van der Waals surface area contributed by atoms with E-state index in [1.807, 2.05) is 32.0 Å². The van der Waals surface area contributed by atoms with Crippen molar-refractivity contribution >= 4 is 28.9 Å². The van der Waals surface area contributed by atoms with Gasteiger partial charge in [0.05, 0.1) is 11.5 Å². The van der Waals surface area contributed by atoms with Crippen LogP contribution in [0.2, 0.25) is 0 Å². The van der Waals surface area contributed by atoms with Crippen molar-refractivity contribution in [3.8, 4) is 5.75 Å². The van der Waals surface area contributed by atoms with Crippen LogP contribution in [0.25, 0.3) is 5.76 Å². The lowest BCUT2D eigenvalue weighted by molar-refractivity contribution is -0.127. The molecule has 3 aliphatic carbocycles. The van der Waals surface area contributed by atoms with E-state index in [9.17, 15) is 29.7 Å². The maximum absolute atomic E-state index is 13.5. The Morgan fingerprint density at radius 1 is 1.19 bits per heavy atom. The van der Waals surface area contributed by atoms with Crippen molar-refractivity contribution in [2.24, 2.45) is 23.5 Å². The van der Waals surface area contributed by atoms with Gasteiger partial charge in [0.25, 0.3) is 5.91 Å². The van der Waals surface area contributed by atoms with Crippen molar-refractivity contribution in [2.45, 2.75) is 39.0 Å². The minimum absolute atomic E-state index is 0.0396. The summed E-state index contributed by atoms with van der Waals surface area (Å²) < 4.78 is 0. The fourth-order valence-corrected chi connectivity index (χ4v) is 5.60. The van der Waals surface area contributed by atoms with Gasteiger partial charge in [0.1, 0.15) is 22.8 Å². The van der Waals surface area contributed by atoms with E-state index in [2.05, 4.69) is 0 Å². The highest BCUT2D eigenvalue weighted by Gasteiger charge is 2.51. The maximum Gasteiger partial charge on any atom is 0.255 e. The molecule has 0 spiro atoms. The molecule has 1 amide bonds. The van der Waals surface area contributed by atoms with Crippen LogP contribution in [-0.2, 0) is 27.2 Å². The molecule has 1 fully saturated rings. The van der Waals surface area contributed by atoms with Crippen LogP contribution >= 0.6 is 0 Å². The second-order valence-electron chi connectivity index (χ2n) is 9.15. The molecule has 1 saturated carbocycles. The lowest BCUT2D eigenvalue weighted by Crippen LogP contribution is -2.44. The summed E-state index contributed by atoms with van der Waals surface area (Å²) in [6.07, 6.45) is 2.15. The van der Waals surface area contributed by atoms with Crippen LogP contribution in [0.4, 0.5) is 5.69 Å². The fraction of sp³-hybridized carbons (Fsp3) is 0.458. The minimum Gasteiger partial charge on any atom is -0.511 e. The average Bonchev–Trinajstić information content (AvgIpc) is 2.68. The number of hydrogen-bond donors (Lipinski definition) is 4. The molecule has 32 heavy (non-hydrogen) atoms. The molecule has 0 radical (unpaired) electrons. The highest BCUT2D eigenvalue weighted by Crippen LogP contribution is 2.52. The Morgan fingerprint density at radius 2 is 1.88 bits per heavy atom. The molecule has 4 rings (SSSR count). The number of nitrogens with two attached hydrogens (primary N) is 1. The first-order valence-corrected chi connectivity index (χ1v) is 10.9. The zero-order chi connectivity index (χ0) is 23.5. The Labute approximate surface area is 186 Å². The van der Waals surface area contributed by atoms with Crippen LogP contribution in [0.1, 0.15) is 42.9 Å². The first kappa shape index (κ1) is 21.9. The smallest absolute Gasteiger partial charge is 0.255 e. The first-order chi connectivity index (χ1) is 15.1. The summed E-state index contributed by atoms with van der Waals surface area (Å²) in [6.45, 7) is 1.99. The second-order valence-corrected chi connectivity index (χ2v) is 9.15. The van der Waals surface area contributed by atoms with Crippen LogP contribution in [0.5, 0.6) is 5.75 Å². The molecule has 0 aromatic heterocycles. The molecule has 0 aliphatic heterocycles. The molecule has 3 aliphatic rings. The topological polar surface area (TPSA) is 141 Å². The van der Waals surface area contributed by atoms with Gasteiger partial charge in [-0.1, -0.05) is 13.3 Å². The first-order valence-electron chi connectivity index (χ1n) is 10.9. The Kier molecular flexibility index (Phi) is 5.27. The fourth-order valence-electron chi connectivity index (χ4n) is 5.60. The number of amides is 1. The number of ketones is 2. The van der Waals surface area contributed by atoms with Gasteiger partial charge in [-0.2, -0.15) is 0 Å². The molecule has 3 atom stereocenters. The van der Waals surface area contributed by atoms with Crippen LogP contribution < -0.4 is 10.6 Å². The number of rotatable bonds is 4. The van der Waals surface area contributed by atoms with Gasteiger partial charge in [-0.25, -0.2) is 0 Å². The van der Waals surface area contributed by atoms with Gasteiger partial charge < -0.3 is 26.0 Å². The number of Topliss-reactive ketones (excluding diaryl/α,β-unsaturated/α-hetero) is 2. The van der Waals surface area contributed by atoms with E-state index in [0.717, 1.165) is 17.7 Å². The summed E-state index contributed by atoms with van der Waals surface area (Å²) in [7, 11) is 3.77. The number of carbonyl (C=O) groups excluding carboxylic acids is 3. The Bertz CT molecular complexity index is 1110. The lowest BCUT2D eigenvalue weighted by atomic mass is 9.61. The summed E-state index contributed by atoms with van der Waals surface area (Å²) in [5, 5.41) is 32.8. The van der Waals surface area contributed by atoms with Gasteiger partial charge in [0.15, 0.2) is 11.6 Å². The van der Waals surface area contributed by atoms with Crippen molar-refractivity contribution in [1.82, 2.24) is 0 Å². The van der Waals surface area contributed by atoms with Crippen LogP contribution in [0, 0.1) is 17.8 Å². The van der Waals surface area contributed by atoms with Crippen LogP contribution in [-0.4, -0.2) is 46.9 Å². The number of hydrogen-bond acceptors (Lipinski definition) is 7. The average molecular weight is 440 g/mol. The molecule has 0 bridgehead atoms. The van der Waals surface area contributed by atoms with Gasteiger partial charge >= 0.3 is 0 Å². The molecule has 0 saturated heterocycles. The summed E-state index contributed by atoms with van der Waals surface area (Å²) in [6, 6.07) is 1.92. The highest BCUT2D eigenvalue weighted by molar-refractivity contribution is 6.21. The number of aromatic hydroxyl groups is 1. The molecule has 170 valence electrons. The van der Waals surface area contributed by atoms with Gasteiger partial charge in [0.2, 0.25) is 0 Å². The van der Waals surface area contributed by atoms with E-state index >= 15 is 0 Å². The largest absolute Gasteiger partial charge is 0.511 e. The van der Waals surface area contributed by atoms with Gasteiger partial charge in [0, 0.05) is 31.8 Å². The summed E-state index contributed by atoms with van der Waals surface area (Å²) >= 11 is 0. The Hall–Kier alpha value is -3.29. The number of anilines is 1. The van der Waals surface area contributed by atoms with Crippen molar-refractivity contribution in [3.05, 3.63) is 39.7 Å². The van der Waals surface area contributed by atoms with Crippen LogP contribution in [0.3, 0.4) is 0 Å². The number of allylic oxidation sites excluding steroid dienone is 2. The van der Waals surface area contributed by atoms with Crippen molar-refractivity contribution < 1.29 is 29.7 Å². The van der Waals surface area contributed by atoms with E-state index in [4.69, 9.17) is 5.73 Å². The second kappa shape index (κ2) is 7.69. The molecule has 8 nitrogen and oxygen atoms in total. The number of nitrogens with zero attached hydrogens (tertiary/aromatic N) is 1. The quantitative estimate of drug-likeness (QED) is 0.527. The monoisotopic (exact) mass is 440 g/mol. The number of benzene rings is 1. The number of aryl methyl sites for hydroxylation is 1. The standard InChI is InChI=1S/C24H28N2O6/c1-4-5-10-8-14(26(2)3)13-7-11-6-12-9-15(27)19(24(25)32)23(31)17(12)21(29)16(11)22(30)18(13)20(10)28/h8,11-12,17,28,30-31H,4-7,9H2,1-3H3,(H2,25,32). The van der Waals surface area contributed by atoms with E-state index in [-0.39, 0.29) is 35.0 Å². The lowest BCUT2D eigenvalue weighted by Gasteiger charge is -2.41. The van der Waals surface area contributed by atoms with Crippen molar-refractivity contribution in [1.29, 1.82) is 0 Å². The third-order valence-electron chi connectivity index (χ3n) is 6.94. The number of phenols is 1. The van der Waals surface area contributed by atoms with Gasteiger partial charge in [-0.3, -0.25) is 14.4 Å². The SMILES string of the molecule is CCCc1cc(N(C)C)c2c(c1O)C(O)=C1C(=O)C3C(O)=C(C(N)=O)C(=O)CC3CC1C2. The number of fused-ring (bicyclic) bond motifs is 3. The van der Waals surface area contributed by atoms with Gasteiger partial charge in [-0.05, 0) is 48.3 Å². The minimum atomic E-state index is -1.10. The molecule has 1 aromatic carbocycles. The number of aliphatic hydroxyl groups is 2. The number of primary amides is 1. The summed E-state index contributed by atoms with van der Waals surface area (Å²) in [5.41, 5.74) is 7.42. The highest BCUT2D eigenvalue weighted by atomic mass is 16.3. The molecular weight excluding hydrogens is 412 g/mol. The van der Waals surface area contributed by atoms with Crippen molar-refractivity contribution in [3.63, 3.8) is 0 Å².